The van der Waals surface area contributed by atoms with E-state index in [-0.39, 0.29) is 11.0 Å². The fourth-order valence-electron chi connectivity index (χ4n) is 1.75. The molecule has 0 aliphatic carbocycles. The smallest absolute Gasteiger partial charge is 0.257 e. The van der Waals surface area contributed by atoms with Crippen LogP contribution in [-0.4, -0.2) is 25.2 Å². The molecule has 0 saturated heterocycles. The van der Waals surface area contributed by atoms with Gasteiger partial charge in [-0.25, -0.2) is 0 Å². The van der Waals surface area contributed by atoms with E-state index >= 15 is 0 Å². The van der Waals surface area contributed by atoms with Crippen molar-refractivity contribution in [2.24, 2.45) is 0 Å². The largest absolute Gasteiger partial charge is 0.497 e. The standard InChI is InChI=1S/C16H16N2O3S/c1-20-13-7-3-11(4-8-13)15(19)18-16(22)17-12-5-9-14(21-2)10-6-12/h3-10H,1-2H3,(H2,17,18,19,22). The van der Waals surface area contributed by atoms with Crippen molar-refractivity contribution in [3.63, 3.8) is 0 Å². The zero-order valence-corrected chi connectivity index (χ0v) is 13.1. The number of hydrogen-bond acceptors (Lipinski definition) is 4. The minimum absolute atomic E-state index is 0.228. The van der Waals surface area contributed by atoms with Crippen LogP contribution in [0.15, 0.2) is 48.5 Å². The van der Waals surface area contributed by atoms with Gasteiger partial charge in [0.1, 0.15) is 11.5 Å². The zero-order chi connectivity index (χ0) is 15.9. The van der Waals surface area contributed by atoms with E-state index in [0.29, 0.717) is 11.3 Å². The van der Waals surface area contributed by atoms with Crippen molar-refractivity contribution < 1.29 is 14.3 Å². The molecule has 0 heterocycles. The summed E-state index contributed by atoms with van der Waals surface area (Å²) in [5.41, 5.74) is 1.26. The van der Waals surface area contributed by atoms with Crippen molar-refractivity contribution in [3.05, 3.63) is 54.1 Å². The second-order valence-corrected chi connectivity index (χ2v) is 4.77. The van der Waals surface area contributed by atoms with Crippen molar-refractivity contribution in [1.29, 1.82) is 0 Å². The third-order valence-corrected chi connectivity index (χ3v) is 3.13. The predicted molar refractivity (Wildman–Crippen MR) is 89.7 cm³/mol. The SMILES string of the molecule is COc1ccc(NC(=S)NC(=O)c2ccc(OC)cc2)cc1. The molecule has 1 amide bonds. The zero-order valence-electron chi connectivity index (χ0n) is 12.3. The molecule has 2 N–H and O–H groups in total. The molecule has 2 rings (SSSR count). The maximum atomic E-state index is 12.0. The summed E-state index contributed by atoms with van der Waals surface area (Å²) in [7, 11) is 3.17. The highest BCUT2D eigenvalue weighted by Gasteiger charge is 2.08. The van der Waals surface area contributed by atoms with Gasteiger partial charge in [-0.15, -0.1) is 0 Å². The third-order valence-electron chi connectivity index (χ3n) is 2.93. The molecule has 5 nitrogen and oxygen atoms in total. The van der Waals surface area contributed by atoms with Crippen molar-refractivity contribution >= 4 is 28.9 Å². The maximum Gasteiger partial charge on any atom is 0.257 e. The molecule has 0 aliphatic heterocycles. The molecule has 0 unspecified atom stereocenters. The monoisotopic (exact) mass is 316 g/mol. The molecule has 114 valence electrons. The van der Waals surface area contributed by atoms with E-state index in [1.54, 1.807) is 50.6 Å². The van der Waals surface area contributed by atoms with Crippen LogP contribution in [0, 0.1) is 0 Å². The molecule has 0 saturated carbocycles. The molecule has 0 radical (unpaired) electrons. The highest BCUT2D eigenvalue weighted by atomic mass is 32.1. The topological polar surface area (TPSA) is 59.6 Å². The number of hydrogen-bond donors (Lipinski definition) is 2. The summed E-state index contributed by atoms with van der Waals surface area (Å²) in [5, 5.41) is 5.78. The summed E-state index contributed by atoms with van der Waals surface area (Å²) < 4.78 is 10.1. The molecule has 2 aromatic carbocycles. The second-order valence-electron chi connectivity index (χ2n) is 4.37. The number of thiocarbonyl (C=S) groups is 1. The lowest BCUT2D eigenvalue weighted by Crippen LogP contribution is -2.34. The van der Waals surface area contributed by atoms with Gasteiger partial charge in [-0.2, -0.15) is 0 Å². The summed E-state index contributed by atoms with van der Waals surface area (Å²) in [6.07, 6.45) is 0. The Bertz CT molecular complexity index is 654. The highest BCUT2D eigenvalue weighted by Crippen LogP contribution is 2.15. The molecule has 0 bridgehead atoms. The molecule has 0 fully saturated rings. The molecular formula is C16H16N2O3S. The van der Waals surface area contributed by atoms with Gasteiger partial charge in [0.2, 0.25) is 0 Å². The van der Waals surface area contributed by atoms with Crippen LogP contribution in [0.5, 0.6) is 11.5 Å². The number of rotatable bonds is 4. The van der Waals surface area contributed by atoms with Crippen LogP contribution in [-0.2, 0) is 0 Å². The van der Waals surface area contributed by atoms with E-state index < -0.39 is 0 Å². The van der Waals surface area contributed by atoms with Gasteiger partial charge in [-0.3, -0.25) is 10.1 Å². The average Bonchev–Trinajstić information content (AvgIpc) is 2.55. The lowest BCUT2D eigenvalue weighted by atomic mass is 10.2. The first-order chi connectivity index (χ1) is 10.6. The van der Waals surface area contributed by atoms with E-state index in [4.69, 9.17) is 21.7 Å². The number of carbonyl (C=O) groups is 1. The van der Waals surface area contributed by atoms with Gasteiger partial charge in [-0.1, -0.05) is 0 Å². The van der Waals surface area contributed by atoms with Crippen LogP contribution in [0.3, 0.4) is 0 Å². The minimum Gasteiger partial charge on any atom is -0.497 e. The van der Waals surface area contributed by atoms with Gasteiger partial charge in [0.05, 0.1) is 14.2 Å². The molecule has 0 aliphatic rings. The van der Waals surface area contributed by atoms with Gasteiger partial charge < -0.3 is 14.8 Å². The maximum absolute atomic E-state index is 12.0. The fraction of sp³-hybridized carbons (Fsp3) is 0.125. The molecule has 0 spiro atoms. The normalized spacial score (nSPS) is 9.73. The lowest BCUT2D eigenvalue weighted by molar-refractivity contribution is 0.0977. The number of carbonyl (C=O) groups excluding carboxylic acids is 1. The summed E-state index contributed by atoms with van der Waals surface area (Å²) in [6, 6.07) is 14.0. The van der Waals surface area contributed by atoms with E-state index in [0.717, 1.165) is 11.4 Å². The first-order valence-electron chi connectivity index (χ1n) is 6.53. The van der Waals surface area contributed by atoms with E-state index in [2.05, 4.69) is 10.6 Å². The summed E-state index contributed by atoms with van der Waals surface area (Å²) >= 11 is 5.12. The van der Waals surface area contributed by atoms with Crippen molar-refractivity contribution in [1.82, 2.24) is 5.32 Å². The summed E-state index contributed by atoms with van der Waals surface area (Å²) in [6.45, 7) is 0. The minimum atomic E-state index is -0.284. The Hall–Kier alpha value is -2.60. The lowest BCUT2D eigenvalue weighted by Gasteiger charge is -2.10. The molecule has 0 aromatic heterocycles. The van der Waals surface area contributed by atoms with E-state index in [1.807, 2.05) is 12.1 Å². The van der Waals surface area contributed by atoms with Crippen molar-refractivity contribution in [2.75, 3.05) is 19.5 Å². The molecule has 22 heavy (non-hydrogen) atoms. The first-order valence-corrected chi connectivity index (χ1v) is 6.93. The number of anilines is 1. The van der Waals surface area contributed by atoms with Crippen LogP contribution < -0.4 is 20.1 Å². The Morgan fingerprint density at radius 3 is 1.91 bits per heavy atom. The molecule has 0 atom stereocenters. The highest BCUT2D eigenvalue weighted by molar-refractivity contribution is 7.80. The third kappa shape index (κ3) is 4.20. The Labute approximate surface area is 134 Å². The number of ether oxygens (including phenoxy) is 2. The Balaban J connectivity index is 1.93. The van der Waals surface area contributed by atoms with Crippen LogP contribution in [0.25, 0.3) is 0 Å². The summed E-state index contributed by atoms with van der Waals surface area (Å²) in [5.74, 6) is 1.16. The predicted octanol–water partition coefficient (Wildman–Crippen LogP) is 2.83. The van der Waals surface area contributed by atoms with Crippen LogP contribution in [0.2, 0.25) is 0 Å². The van der Waals surface area contributed by atoms with Crippen molar-refractivity contribution in [3.8, 4) is 11.5 Å². The Kier molecular flexibility index (Phi) is 5.32. The number of nitrogens with one attached hydrogen (secondary N) is 2. The number of methoxy groups -OCH3 is 2. The Morgan fingerprint density at radius 1 is 0.909 bits per heavy atom. The van der Waals surface area contributed by atoms with Gasteiger partial charge in [0.15, 0.2) is 5.11 Å². The summed E-state index contributed by atoms with van der Waals surface area (Å²) in [4.78, 5) is 12.0. The van der Waals surface area contributed by atoms with Crippen molar-refractivity contribution in [2.45, 2.75) is 0 Å². The number of amides is 1. The number of benzene rings is 2. The van der Waals surface area contributed by atoms with Crippen LogP contribution in [0.4, 0.5) is 5.69 Å². The first kappa shape index (κ1) is 15.8. The fourth-order valence-corrected chi connectivity index (χ4v) is 1.96. The van der Waals surface area contributed by atoms with E-state index in [1.165, 1.54) is 0 Å². The average molecular weight is 316 g/mol. The van der Waals surface area contributed by atoms with Gasteiger partial charge in [-0.05, 0) is 60.7 Å². The molecule has 6 heteroatoms. The second kappa shape index (κ2) is 7.42. The van der Waals surface area contributed by atoms with Gasteiger partial charge >= 0.3 is 0 Å². The van der Waals surface area contributed by atoms with Gasteiger partial charge in [0.25, 0.3) is 5.91 Å². The molecule has 2 aromatic rings. The van der Waals surface area contributed by atoms with Crippen LogP contribution >= 0.6 is 12.2 Å². The quantitative estimate of drug-likeness (QED) is 0.850. The van der Waals surface area contributed by atoms with E-state index in [9.17, 15) is 4.79 Å². The van der Waals surface area contributed by atoms with Gasteiger partial charge in [0, 0.05) is 11.3 Å². The Morgan fingerprint density at radius 2 is 1.41 bits per heavy atom. The molecular weight excluding hydrogens is 300 g/mol. The van der Waals surface area contributed by atoms with Crippen LogP contribution in [0.1, 0.15) is 10.4 Å².